The summed E-state index contributed by atoms with van der Waals surface area (Å²) in [5.41, 5.74) is 3.66. The molecule has 1 saturated heterocycles. The Kier molecular flexibility index (Phi) is 6.70. The largest absolute Gasteiger partial charge is 0.494 e. The van der Waals surface area contributed by atoms with Crippen LogP contribution in [-0.4, -0.2) is 52.1 Å². The summed E-state index contributed by atoms with van der Waals surface area (Å²) in [6.45, 7) is 11.0. The van der Waals surface area contributed by atoms with Gasteiger partial charge in [-0.3, -0.25) is 0 Å². The van der Waals surface area contributed by atoms with Crippen LogP contribution in [0.4, 0.5) is 5.69 Å². The van der Waals surface area contributed by atoms with Crippen molar-refractivity contribution >= 4 is 15.7 Å². The molecule has 1 aliphatic heterocycles. The number of rotatable bonds is 7. The Bertz CT molecular complexity index is 951. The standard InChI is InChI=1S/C22H30N2O4S/c1-5-27-19-10-11-21(28-6-2)22(16-19)29(25,26)24-14-12-23(13-15-24)20-9-7-8-17(3)18(20)4/h7-11,16H,5-6,12-15H2,1-4H3. The predicted molar refractivity (Wildman–Crippen MR) is 116 cm³/mol. The van der Waals surface area contributed by atoms with Crippen molar-refractivity contribution in [1.29, 1.82) is 0 Å². The molecule has 0 spiro atoms. The number of sulfonamides is 1. The van der Waals surface area contributed by atoms with Crippen molar-refractivity contribution in [2.24, 2.45) is 0 Å². The molecule has 0 unspecified atom stereocenters. The first-order valence-corrected chi connectivity index (χ1v) is 11.5. The quantitative estimate of drug-likeness (QED) is 0.687. The average Bonchev–Trinajstić information content (AvgIpc) is 2.71. The smallest absolute Gasteiger partial charge is 0.247 e. The van der Waals surface area contributed by atoms with Crippen molar-refractivity contribution < 1.29 is 17.9 Å². The maximum Gasteiger partial charge on any atom is 0.247 e. The highest BCUT2D eigenvalue weighted by Crippen LogP contribution is 2.32. The van der Waals surface area contributed by atoms with Crippen LogP contribution in [0, 0.1) is 13.8 Å². The van der Waals surface area contributed by atoms with E-state index in [0.717, 1.165) is 0 Å². The summed E-state index contributed by atoms with van der Waals surface area (Å²) in [6.07, 6.45) is 0. The van der Waals surface area contributed by atoms with E-state index in [1.165, 1.54) is 16.8 Å². The zero-order valence-electron chi connectivity index (χ0n) is 17.6. The lowest BCUT2D eigenvalue weighted by Gasteiger charge is -2.36. The lowest BCUT2D eigenvalue weighted by molar-refractivity contribution is 0.319. The Morgan fingerprint density at radius 1 is 0.931 bits per heavy atom. The first-order valence-electron chi connectivity index (χ1n) is 10.1. The van der Waals surface area contributed by atoms with Gasteiger partial charge in [-0.2, -0.15) is 4.31 Å². The number of aryl methyl sites for hydroxylation is 1. The van der Waals surface area contributed by atoms with E-state index in [4.69, 9.17) is 9.47 Å². The third-order valence-electron chi connectivity index (χ3n) is 5.30. The second kappa shape index (κ2) is 9.05. The van der Waals surface area contributed by atoms with Crippen LogP contribution < -0.4 is 14.4 Å². The normalized spacial score (nSPS) is 15.4. The van der Waals surface area contributed by atoms with Crippen LogP contribution in [0.3, 0.4) is 0 Å². The molecule has 0 bridgehead atoms. The Balaban J connectivity index is 1.82. The van der Waals surface area contributed by atoms with Gasteiger partial charge in [-0.05, 0) is 57.0 Å². The summed E-state index contributed by atoms with van der Waals surface area (Å²) in [7, 11) is -3.68. The van der Waals surface area contributed by atoms with Gasteiger partial charge in [0.2, 0.25) is 10.0 Å². The zero-order chi connectivity index (χ0) is 21.0. The highest BCUT2D eigenvalue weighted by molar-refractivity contribution is 7.89. The maximum atomic E-state index is 13.4. The lowest BCUT2D eigenvalue weighted by atomic mass is 10.1. The Morgan fingerprint density at radius 3 is 2.28 bits per heavy atom. The number of hydrogen-bond donors (Lipinski definition) is 0. The van der Waals surface area contributed by atoms with Gasteiger partial charge in [0, 0.05) is 37.9 Å². The van der Waals surface area contributed by atoms with Gasteiger partial charge in [0.15, 0.2) is 0 Å². The molecule has 0 atom stereocenters. The Labute approximate surface area is 174 Å². The molecule has 2 aromatic carbocycles. The fourth-order valence-electron chi connectivity index (χ4n) is 3.61. The van der Waals surface area contributed by atoms with E-state index in [2.05, 4.69) is 30.9 Å². The van der Waals surface area contributed by atoms with Crippen LogP contribution in [0.15, 0.2) is 41.3 Å². The molecule has 158 valence electrons. The number of ether oxygens (including phenoxy) is 2. The van der Waals surface area contributed by atoms with Crippen LogP contribution in [0.25, 0.3) is 0 Å². The topological polar surface area (TPSA) is 59.1 Å². The number of anilines is 1. The molecule has 29 heavy (non-hydrogen) atoms. The molecule has 1 aliphatic rings. The molecule has 0 amide bonds. The van der Waals surface area contributed by atoms with Gasteiger partial charge in [-0.15, -0.1) is 0 Å². The van der Waals surface area contributed by atoms with E-state index in [-0.39, 0.29) is 4.90 Å². The first kappa shape index (κ1) is 21.5. The first-order chi connectivity index (χ1) is 13.9. The number of nitrogens with zero attached hydrogens (tertiary/aromatic N) is 2. The lowest BCUT2D eigenvalue weighted by Crippen LogP contribution is -2.49. The average molecular weight is 419 g/mol. The molecule has 0 aromatic heterocycles. The van der Waals surface area contributed by atoms with Crippen molar-refractivity contribution in [2.75, 3.05) is 44.3 Å². The third-order valence-corrected chi connectivity index (χ3v) is 7.22. The fraction of sp³-hybridized carbons (Fsp3) is 0.455. The minimum atomic E-state index is -3.68. The van der Waals surface area contributed by atoms with Crippen LogP contribution in [0.2, 0.25) is 0 Å². The van der Waals surface area contributed by atoms with Crippen LogP contribution in [-0.2, 0) is 10.0 Å². The van der Waals surface area contributed by atoms with Crippen molar-refractivity contribution in [2.45, 2.75) is 32.6 Å². The van der Waals surface area contributed by atoms with Crippen LogP contribution in [0.5, 0.6) is 11.5 Å². The molecule has 0 N–H and O–H groups in total. The van der Waals surface area contributed by atoms with Crippen molar-refractivity contribution in [1.82, 2.24) is 4.31 Å². The SMILES string of the molecule is CCOc1ccc(OCC)c(S(=O)(=O)N2CCN(c3cccc(C)c3C)CC2)c1. The van der Waals surface area contributed by atoms with Gasteiger partial charge in [0.1, 0.15) is 16.4 Å². The molecule has 1 fully saturated rings. The van der Waals surface area contributed by atoms with Gasteiger partial charge in [0.25, 0.3) is 0 Å². The second-order valence-corrected chi connectivity index (χ2v) is 8.99. The summed E-state index contributed by atoms with van der Waals surface area (Å²) in [5.74, 6) is 0.900. The summed E-state index contributed by atoms with van der Waals surface area (Å²) in [4.78, 5) is 2.43. The summed E-state index contributed by atoms with van der Waals surface area (Å²) in [6, 6.07) is 11.2. The molecule has 3 rings (SSSR count). The van der Waals surface area contributed by atoms with Gasteiger partial charge in [-0.1, -0.05) is 12.1 Å². The molecule has 7 heteroatoms. The van der Waals surface area contributed by atoms with Crippen molar-refractivity contribution in [3.8, 4) is 11.5 Å². The molecule has 6 nitrogen and oxygen atoms in total. The van der Waals surface area contributed by atoms with E-state index >= 15 is 0 Å². The molecular weight excluding hydrogens is 388 g/mol. The summed E-state index contributed by atoms with van der Waals surface area (Å²) < 4.78 is 39.4. The highest BCUT2D eigenvalue weighted by Gasteiger charge is 2.31. The van der Waals surface area contributed by atoms with E-state index in [0.29, 0.717) is 50.9 Å². The summed E-state index contributed by atoms with van der Waals surface area (Å²) >= 11 is 0. The molecule has 0 aliphatic carbocycles. The van der Waals surface area contributed by atoms with Gasteiger partial charge in [-0.25, -0.2) is 8.42 Å². The van der Waals surface area contributed by atoms with Gasteiger partial charge < -0.3 is 14.4 Å². The predicted octanol–water partition coefficient (Wildman–Crippen LogP) is 3.61. The third kappa shape index (κ3) is 4.51. The second-order valence-electron chi connectivity index (χ2n) is 7.08. The highest BCUT2D eigenvalue weighted by atomic mass is 32.2. The molecule has 0 saturated carbocycles. The number of piperazine rings is 1. The molecule has 1 heterocycles. The van der Waals surface area contributed by atoms with E-state index in [1.807, 2.05) is 19.9 Å². The molecule has 2 aromatic rings. The molecular formula is C22H30N2O4S. The monoisotopic (exact) mass is 418 g/mol. The Morgan fingerprint density at radius 2 is 1.62 bits per heavy atom. The van der Waals surface area contributed by atoms with Gasteiger partial charge in [0.05, 0.1) is 13.2 Å². The zero-order valence-corrected chi connectivity index (χ0v) is 18.5. The minimum absolute atomic E-state index is 0.172. The van der Waals surface area contributed by atoms with Crippen LogP contribution in [0.1, 0.15) is 25.0 Å². The van der Waals surface area contributed by atoms with Gasteiger partial charge >= 0.3 is 0 Å². The Hall–Kier alpha value is -2.25. The summed E-state index contributed by atoms with van der Waals surface area (Å²) in [5, 5.41) is 0. The maximum absolute atomic E-state index is 13.4. The van der Waals surface area contributed by atoms with E-state index in [9.17, 15) is 8.42 Å². The number of benzene rings is 2. The fourth-order valence-corrected chi connectivity index (χ4v) is 5.18. The van der Waals surface area contributed by atoms with Crippen molar-refractivity contribution in [3.63, 3.8) is 0 Å². The van der Waals surface area contributed by atoms with E-state index < -0.39 is 10.0 Å². The van der Waals surface area contributed by atoms with E-state index in [1.54, 1.807) is 22.5 Å². The molecule has 0 radical (unpaired) electrons. The van der Waals surface area contributed by atoms with Crippen molar-refractivity contribution in [3.05, 3.63) is 47.5 Å². The number of hydrogen-bond acceptors (Lipinski definition) is 5. The minimum Gasteiger partial charge on any atom is -0.494 e. The van der Waals surface area contributed by atoms with Crippen LogP contribution >= 0.6 is 0 Å².